The predicted octanol–water partition coefficient (Wildman–Crippen LogP) is 1.20. The average Bonchev–Trinajstić information content (AvgIpc) is 2.42. The van der Waals surface area contributed by atoms with Crippen LogP contribution in [0.3, 0.4) is 0 Å². The lowest BCUT2D eigenvalue weighted by atomic mass is 9.96. The van der Waals surface area contributed by atoms with E-state index in [9.17, 15) is 0 Å². The van der Waals surface area contributed by atoms with Gasteiger partial charge in [-0.15, -0.1) is 0 Å². The highest BCUT2D eigenvalue weighted by Crippen LogP contribution is 2.27. The van der Waals surface area contributed by atoms with E-state index < -0.39 is 0 Å². The van der Waals surface area contributed by atoms with Crippen molar-refractivity contribution in [3.8, 4) is 5.75 Å². The van der Waals surface area contributed by atoms with Gasteiger partial charge in [-0.2, -0.15) is 0 Å². The van der Waals surface area contributed by atoms with Gasteiger partial charge in [0.05, 0.1) is 13.2 Å². The Kier molecular flexibility index (Phi) is 4.80. The minimum absolute atomic E-state index is 0.392. The maximum atomic E-state index is 5.24. The first-order valence-corrected chi connectivity index (χ1v) is 6.85. The number of methoxy groups -OCH3 is 1. The van der Waals surface area contributed by atoms with Gasteiger partial charge in [-0.05, 0) is 38.8 Å². The molecule has 0 aliphatic carbocycles. The summed E-state index contributed by atoms with van der Waals surface area (Å²) in [4.78, 5) is 4.75. The maximum absolute atomic E-state index is 5.24. The molecular formula is C15H25N3O. The highest BCUT2D eigenvalue weighted by Gasteiger charge is 2.30. The topological polar surface area (TPSA) is 27.7 Å². The van der Waals surface area contributed by atoms with Gasteiger partial charge in [0.2, 0.25) is 0 Å². The van der Waals surface area contributed by atoms with Crippen molar-refractivity contribution in [2.24, 2.45) is 0 Å². The Hall–Kier alpha value is -1.10. The fourth-order valence-electron chi connectivity index (χ4n) is 2.85. The molecule has 1 fully saturated rings. The summed E-state index contributed by atoms with van der Waals surface area (Å²) in [5.41, 5.74) is 1.34. The number of nitrogens with zero attached hydrogens (tertiary/aromatic N) is 2. The average molecular weight is 263 g/mol. The van der Waals surface area contributed by atoms with Crippen LogP contribution in [0.5, 0.6) is 5.75 Å². The molecule has 1 aromatic carbocycles. The van der Waals surface area contributed by atoms with E-state index in [0.29, 0.717) is 12.1 Å². The molecule has 2 unspecified atom stereocenters. The van der Waals surface area contributed by atoms with E-state index in [0.717, 1.165) is 25.4 Å². The lowest BCUT2D eigenvalue weighted by Crippen LogP contribution is -2.54. The third-order valence-electron chi connectivity index (χ3n) is 3.94. The normalized spacial score (nSPS) is 22.5. The summed E-state index contributed by atoms with van der Waals surface area (Å²) in [7, 11) is 8.22. The van der Waals surface area contributed by atoms with Gasteiger partial charge in [0, 0.05) is 25.7 Å². The van der Waals surface area contributed by atoms with Crippen LogP contribution in [-0.4, -0.2) is 63.7 Å². The number of hydrogen-bond acceptors (Lipinski definition) is 4. The van der Waals surface area contributed by atoms with Crippen molar-refractivity contribution in [2.75, 3.05) is 47.9 Å². The standard InChI is InChI=1S/C15H25N3O/c1-17(2)15(14-11-16-9-10-18(14)3)12-5-7-13(19-4)8-6-12/h5-8,14-16H,9-11H2,1-4H3. The molecule has 1 aliphatic rings. The Labute approximate surface area is 116 Å². The summed E-state index contributed by atoms with van der Waals surface area (Å²) in [6.45, 7) is 3.21. The van der Waals surface area contributed by atoms with E-state index >= 15 is 0 Å². The molecule has 1 saturated heterocycles. The molecule has 2 rings (SSSR count). The highest BCUT2D eigenvalue weighted by atomic mass is 16.5. The smallest absolute Gasteiger partial charge is 0.118 e. The second-order valence-corrected chi connectivity index (χ2v) is 5.43. The van der Waals surface area contributed by atoms with E-state index in [1.807, 2.05) is 12.1 Å². The molecule has 106 valence electrons. The minimum Gasteiger partial charge on any atom is -0.497 e. The second-order valence-electron chi connectivity index (χ2n) is 5.43. The molecule has 0 radical (unpaired) electrons. The number of hydrogen-bond donors (Lipinski definition) is 1. The van der Waals surface area contributed by atoms with Crippen molar-refractivity contribution >= 4 is 0 Å². The summed E-state index contributed by atoms with van der Waals surface area (Å²) in [6.07, 6.45) is 0. The van der Waals surface area contributed by atoms with Gasteiger partial charge in [-0.3, -0.25) is 4.90 Å². The molecule has 0 aromatic heterocycles. The molecular weight excluding hydrogens is 238 g/mol. The number of benzene rings is 1. The molecule has 0 amide bonds. The van der Waals surface area contributed by atoms with Crippen LogP contribution in [0, 0.1) is 0 Å². The Balaban J connectivity index is 2.23. The van der Waals surface area contributed by atoms with Gasteiger partial charge in [-0.25, -0.2) is 0 Å². The summed E-state index contributed by atoms with van der Waals surface area (Å²) >= 11 is 0. The lowest BCUT2D eigenvalue weighted by Gasteiger charge is -2.41. The third-order valence-corrected chi connectivity index (χ3v) is 3.94. The molecule has 0 spiro atoms. The van der Waals surface area contributed by atoms with Crippen molar-refractivity contribution in [2.45, 2.75) is 12.1 Å². The van der Waals surface area contributed by atoms with Crippen molar-refractivity contribution in [3.05, 3.63) is 29.8 Å². The quantitative estimate of drug-likeness (QED) is 0.883. The number of likely N-dealkylation sites (N-methyl/N-ethyl adjacent to an activating group) is 2. The first-order chi connectivity index (χ1) is 9.13. The van der Waals surface area contributed by atoms with Crippen molar-refractivity contribution in [1.82, 2.24) is 15.1 Å². The van der Waals surface area contributed by atoms with E-state index in [1.54, 1.807) is 7.11 Å². The molecule has 0 bridgehead atoms. The molecule has 2 atom stereocenters. The van der Waals surface area contributed by atoms with Crippen LogP contribution >= 0.6 is 0 Å². The first kappa shape index (κ1) is 14.3. The van der Waals surface area contributed by atoms with Gasteiger partial charge in [0.1, 0.15) is 5.75 Å². The molecule has 1 aromatic rings. The van der Waals surface area contributed by atoms with Gasteiger partial charge in [0.25, 0.3) is 0 Å². The summed E-state index contributed by atoms with van der Waals surface area (Å²) < 4.78 is 5.24. The Morgan fingerprint density at radius 1 is 1.32 bits per heavy atom. The molecule has 4 heteroatoms. The van der Waals surface area contributed by atoms with Gasteiger partial charge in [-0.1, -0.05) is 12.1 Å². The van der Waals surface area contributed by atoms with Crippen LogP contribution < -0.4 is 10.1 Å². The molecule has 0 saturated carbocycles. The van der Waals surface area contributed by atoms with E-state index in [-0.39, 0.29) is 0 Å². The van der Waals surface area contributed by atoms with E-state index in [1.165, 1.54) is 5.56 Å². The van der Waals surface area contributed by atoms with E-state index in [2.05, 4.69) is 48.4 Å². The number of nitrogens with one attached hydrogen (secondary N) is 1. The van der Waals surface area contributed by atoms with Crippen LogP contribution in [0.15, 0.2) is 24.3 Å². The minimum atomic E-state index is 0.392. The molecule has 1 heterocycles. The summed E-state index contributed by atoms with van der Waals surface area (Å²) in [6, 6.07) is 9.32. The van der Waals surface area contributed by atoms with Crippen molar-refractivity contribution < 1.29 is 4.74 Å². The van der Waals surface area contributed by atoms with Crippen molar-refractivity contribution in [1.29, 1.82) is 0 Å². The number of piperazine rings is 1. The first-order valence-electron chi connectivity index (χ1n) is 6.85. The lowest BCUT2D eigenvalue weighted by molar-refractivity contribution is 0.107. The van der Waals surface area contributed by atoms with Crippen LogP contribution in [0.2, 0.25) is 0 Å². The monoisotopic (exact) mass is 263 g/mol. The SMILES string of the molecule is COc1ccc(C(C2CNCCN2C)N(C)C)cc1. The largest absolute Gasteiger partial charge is 0.497 e. The van der Waals surface area contributed by atoms with Crippen LogP contribution in [0.1, 0.15) is 11.6 Å². The summed E-state index contributed by atoms with van der Waals surface area (Å²) in [5, 5.41) is 3.50. The fourth-order valence-corrected chi connectivity index (χ4v) is 2.85. The zero-order chi connectivity index (χ0) is 13.8. The molecule has 1 aliphatic heterocycles. The van der Waals surface area contributed by atoms with Gasteiger partial charge in [0.15, 0.2) is 0 Å². The van der Waals surface area contributed by atoms with Gasteiger partial charge >= 0.3 is 0 Å². The maximum Gasteiger partial charge on any atom is 0.118 e. The molecule has 19 heavy (non-hydrogen) atoms. The summed E-state index contributed by atoms with van der Waals surface area (Å²) in [5.74, 6) is 0.913. The Morgan fingerprint density at radius 2 is 2.00 bits per heavy atom. The zero-order valence-electron chi connectivity index (χ0n) is 12.4. The van der Waals surface area contributed by atoms with Gasteiger partial charge < -0.3 is 15.0 Å². The predicted molar refractivity (Wildman–Crippen MR) is 78.7 cm³/mol. The van der Waals surface area contributed by atoms with Crippen molar-refractivity contribution in [3.63, 3.8) is 0 Å². The van der Waals surface area contributed by atoms with Crippen LogP contribution in [0.25, 0.3) is 0 Å². The third kappa shape index (κ3) is 3.26. The Bertz CT molecular complexity index is 391. The molecule has 1 N–H and O–H groups in total. The number of ether oxygens (including phenoxy) is 1. The highest BCUT2D eigenvalue weighted by molar-refractivity contribution is 5.30. The zero-order valence-corrected chi connectivity index (χ0v) is 12.4. The van der Waals surface area contributed by atoms with Crippen LogP contribution in [-0.2, 0) is 0 Å². The van der Waals surface area contributed by atoms with Crippen LogP contribution in [0.4, 0.5) is 0 Å². The molecule has 4 nitrogen and oxygen atoms in total. The number of rotatable bonds is 4. The Morgan fingerprint density at radius 3 is 2.53 bits per heavy atom. The van der Waals surface area contributed by atoms with E-state index in [4.69, 9.17) is 4.74 Å². The second kappa shape index (κ2) is 6.37. The fraction of sp³-hybridized carbons (Fsp3) is 0.600.